The van der Waals surface area contributed by atoms with Crippen LogP contribution < -0.4 is 0 Å². The Hall–Kier alpha value is -7.43. The van der Waals surface area contributed by atoms with E-state index in [0.29, 0.717) is 28.1 Å². The van der Waals surface area contributed by atoms with Crippen LogP contribution in [-0.4, -0.2) is 15.0 Å². The van der Waals surface area contributed by atoms with Gasteiger partial charge in [-0.1, -0.05) is 170 Å². The second-order valence-electron chi connectivity index (χ2n) is 14.3. The van der Waals surface area contributed by atoms with Gasteiger partial charge >= 0.3 is 0 Å². The number of nitrogens with zero attached hydrogens (tertiary/aromatic N) is 3. The number of hydrogen-bond donors (Lipinski definition) is 0. The van der Waals surface area contributed by atoms with E-state index in [9.17, 15) is 0 Å². The molecule has 1 spiro atoms. The fourth-order valence-electron chi connectivity index (χ4n) is 9.25. The molecule has 0 N–H and O–H groups in total. The summed E-state index contributed by atoms with van der Waals surface area (Å²) in [5.41, 5.74) is 13.2. The Morgan fingerprint density at radius 1 is 0.393 bits per heavy atom. The zero-order chi connectivity index (χ0) is 41.1. The fourth-order valence-corrected chi connectivity index (χ4v) is 9.25. The molecule has 0 amide bonds. The van der Waals surface area contributed by atoms with Crippen LogP contribution in [0.15, 0.2) is 192 Å². The Kier molecular flexibility index (Phi) is 5.55. The Morgan fingerprint density at radius 2 is 0.893 bits per heavy atom. The van der Waals surface area contributed by atoms with Crippen molar-refractivity contribution >= 4 is 21.9 Å². The normalized spacial score (nSPS) is 14.4. The molecule has 2 aliphatic rings. The minimum atomic E-state index is -0.749. The van der Waals surface area contributed by atoms with E-state index < -0.39 is 35.6 Å². The molecule has 0 saturated heterocycles. The number of fused-ring (bicyclic) bond motifs is 15. The van der Waals surface area contributed by atoms with Gasteiger partial charge in [-0.25, -0.2) is 15.0 Å². The van der Waals surface area contributed by atoms with E-state index in [-0.39, 0.29) is 17.2 Å². The summed E-state index contributed by atoms with van der Waals surface area (Å²) in [4.78, 5) is 15.1. The lowest BCUT2D eigenvalue weighted by atomic mass is 9.65. The molecule has 0 fully saturated rings. The second-order valence-corrected chi connectivity index (χ2v) is 14.3. The van der Waals surface area contributed by atoms with Gasteiger partial charge in [0.2, 0.25) is 0 Å². The van der Waals surface area contributed by atoms with Crippen LogP contribution in [0.1, 0.15) is 29.1 Å². The Labute approximate surface area is 330 Å². The van der Waals surface area contributed by atoms with Gasteiger partial charge in [0.15, 0.2) is 17.5 Å². The zero-order valence-corrected chi connectivity index (χ0v) is 29.8. The summed E-state index contributed by atoms with van der Waals surface area (Å²) >= 11 is 0. The van der Waals surface area contributed by atoms with Crippen LogP contribution in [0.4, 0.5) is 0 Å². The van der Waals surface area contributed by atoms with Crippen LogP contribution in [0.25, 0.3) is 89.5 Å². The first-order valence-electron chi connectivity index (χ1n) is 21.1. The van der Waals surface area contributed by atoms with Crippen molar-refractivity contribution in [3.63, 3.8) is 0 Å². The quantitative estimate of drug-likeness (QED) is 0.182. The number of para-hydroxylation sites is 1. The molecule has 0 atom stereocenters. The third kappa shape index (κ3) is 4.27. The Morgan fingerprint density at radius 3 is 1.57 bits per heavy atom. The van der Waals surface area contributed by atoms with E-state index in [4.69, 9.17) is 26.2 Å². The molecule has 0 radical (unpaired) electrons. The fraction of sp³-hybridized carbons (Fsp3) is 0.0192. The zero-order valence-electron chi connectivity index (χ0n) is 34.8. The van der Waals surface area contributed by atoms with Gasteiger partial charge < -0.3 is 4.42 Å². The molecule has 0 saturated carbocycles. The summed E-state index contributed by atoms with van der Waals surface area (Å²) < 4.78 is 49.7. The molecule has 12 rings (SSSR count). The smallest absolute Gasteiger partial charge is 0.164 e. The van der Waals surface area contributed by atoms with Crippen molar-refractivity contribution in [2.24, 2.45) is 0 Å². The van der Waals surface area contributed by atoms with Gasteiger partial charge in [-0.05, 0) is 73.8 Å². The number of hydrogen-bond acceptors (Lipinski definition) is 4. The average Bonchev–Trinajstić information content (AvgIpc) is 3.81. The van der Waals surface area contributed by atoms with Crippen molar-refractivity contribution in [3.8, 4) is 67.5 Å². The Bertz CT molecular complexity index is 3450. The molecule has 2 heterocycles. The standard InChI is InChI=1S/C52H31N3O/c1-2-15-32(16-3-1)49-53-50(55-51(54-49)41-23-14-28-47-48(41)40-22-9-13-27-46(40)56-47)33-29-30-39-35-18-5-4-17-34(35)36-19-6-10-24-42(36)52(45(39)31-33)43-25-11-7-20-37(43)38-21-8-12-26-44(38)52/h1-31H/i1D,2D,3D,15D,16D. The predicted octanol–water partition coefficient (Wildman–Crippen LogP) is 12.8. The summed E-state index contributed by atoms with van der Waals surface area (Å²) in [6.45, 7) is 0. The molecule has 4 nitrogen and oxygen atoms in total. The SMILES string of the molecule is [2H]c1c([2H])c([2H])c(-c2nc(-c3ccc4c(c3)C3(c5ccccc5-c5ccccc5-4)c4ccccc4-c4ccccc43)nc(-c3cccc4oc5ccccc5c34)n2)c([2H])c1[2H]. The first-order valence-corrected chi connectivity index (χ1v) is 18.6. The molecule has 2 aliphatic carbocycles. The van der Waals surface area contributed by atoms with Crippen molar-refractivity contribution in [3.05, 3.63) is 210 Å². The first kappa shape index (κ1) is 26.4. The molecule has 260 valence electrons. The number of rotatable bonds is 3. The molecule has 8 aromatic carbocycles. The topological polar surface area (TPSA) is 51.8 Å². The maximum Gasteiger partial charge on any atom is 0.164 e. The van der Waals surface area contributed by atoms with Crippen molar-refractivity contribution in [1.82, 2.24) is 15.0 Å². The molecule has 2 aromatic heterocycles. The van der Waals surface area contributed by atoms with Gasteiger partial charge in [0.25, 0.3) is 0 Å². The molecule has 10 aromatic rings. The minimum absolute atomic E-state index is 0.0290. The van der Waals surface area contributed by atoms with Crippen molar-refractivity contribution < 1.29 is 11.3 Å². The van der Waals surface area contributed by atoms with Crippen LogP contribution in [-0.2, 0) is 5.41 Å². The van der Waals surface area contributed by atoms with Crippen LogP contribution in [0.2, 0.25) is 0 Å². The number of furan rings is 1. The predicted molar refractivity (Wildman–Crippen MR) is 225 cm³/mol. The highest BCUT2D eigenvalue weighted by Gasteiger charge is 2.49. The summed E-state index contributed by atoms with van der Waals surface area (Å²) in [7, 11) is 0. The van der Waals surface area contributed by atoms with E-state index in [2.05, 4.69) is 109 Å². The summed E-state index contributed by atoms with van der Waals surface area (Å²) in [6, 6.07) is 52.2. The maximum atomic E-state index is 8.98. The average molecular weight is 719 g/mol. The van der Waals surface area contributed by atoms with Gasteiger partial charge in [-0.3, -0.25) is 0 Å². The van der Waals surface area contributed by atoms with Gasteiger partial charge in [0.1, 0.15) is 11.2 Å². The lowest BCUT2D eigenvalue weighted by molar-refractivity contribution is 0.669. The highest BCUT2D eigenvalue weighted by molar-refractivity contribution is 6.11. The highest BCUT2D eigenvalue weighted by Crippen LogP contribution is 2.61. The van der Waals surface area contributed by atoms with Gasteiger partial charge in [-0.15, -0.1) is 0 Å². The van der Waals surface area contributed by atoms with E-state index in [1.165, 1.54) is 22.3 Å². The second kappa shape index (κ2) is 11.8. The van der Waals surface area contributed by atoms with Crippen molar-refractivity contribution in [2.45, 2.75) is 5.41 Å². The van der Waals surface area contributed by atoms with E-state index in [1.54, 1.807) is 0 Å². The Balaban J connectivity index is 1.20. The molecule has 0 unspecified atom stereocenters. The largest absolute Gasteiger partial charge is 0.456 e. The van der Waals surface area contributed by atoms with Gasteiger partial charge in [-0.2, -0.15) is 0 Å². The third-order valence-corrected chi connectivity index (χ3v) is 11.5. The van der Waals surface area contributed by atoms with Crippen molar-refractivity contribution in [2.75, 3.05) is 0 Å². The lowest BCUT2D eigenvalue weighted by Gasteiger charge is -2.35. The van der Waals surface area contributed by atoms with E-state index in [1.807, 2.05) is 48.5 Å². The van der Waals surface area contributed by atoms with Crippen LogP contribution in [0.3, 0.4) is 0 Å². The van der Waals surface area contributed by atoms with E-state index >= 15 is 0 Å². The van der Waals surface area contributed by atoms with Gasteiger partial charge in [0.05, 0.1) is 12.3 Å². The number of aromatic nitrogens is 3. The van der Waals surface area contributed by atoms with Crippen LogP contribution in [0, 0.1) is 0 Å². The summed E-state index contributed by atoms with van der Waals surface area (Å²) in [5.74, 6) is 0.541. The van der Waals surface area contributed by atoms with Crippen molar-refractivity contribution in [1.29, 1.82) is 0 Å². The molecule has 56 heavy (non-hydrogen) atoms. The minimum Gasteiger partial charge on any atom is -0.456 e. The summed E-state index contributed by atoms with van der Waals surface area (Å²) in [5, 5.41) is 1.68. The molecule has 0 bridgehead atoms. The molecule has 0 aliphatic heterocycles. The number of benzene rings is 8. The van der Waals surface area contributed by atoms with E-state index in [0.717, 1.165) is 44.2 Å². The maximum absolute atomic E-state index is 8.98. The highest BCUT2D eigenvalue weighted by atomic mass is 16.3. The summed E-state index contributed by atoms with van der Waals surface area (Å²) in [6.07, 6.45) is 0. The monoisotopic (exact) mass is 718 g/mol. The molecular weight excluding hydrogens is 683 g/mol. The molecule has 4 heteroatoms. The third-order valence-electron chi connectivity index (χ3n) is 11.5. The van der Waals surface area contributed by atoms with Crippen LogP contribution in [0.5, 0.6) is 0 Å². The van der Waals surface area contributed by atoms with Crippen LogP contribution >= 0.6 is 0 Å². The molecular formula is C52H31N3O. The first-order chi connectivity index (χ1) is 29.8. The van der Waals surface area contributed by atoms with Gasteiger partial charge in [0, 0.05) is 27.5 Å². The lowest BCUT2D eigenvalue weighted by Crippen LogP contribution is -2.29.